The molecule has 3 nitrogen and oxygen atoms in total. The summed E-state index contributed by atoms with van der Waals surface area (Å²) in [5.41, 5.74) is 2.44. The Balaban J connectivity index is 1.58. The lowest BCUT2D eigenvalue weighted by molar-refractivity contribution is -0.123. The van der Waals surface area contributed by atoms with Gasteiger partial charge in [0.05, 0.1) is 12.6 Å². The summed E-state index contributed by atoms with van der Waals surface area (Å²) in [6.45, 7) is 3.46. The summed E-state index contributed by atoms with van der Waals surface area (Å²) < 4.78 is 0. The molecule has 24 heavy (non-hydrogen) atoms. The molecule has 0 aliphatic heterocycles. The fourth-order valence-corrected chi connectivity index (χ4v) is 3.33. The van der Waals surface area contributed by atoms with Crippen LogP contribution in [-0.2, 0) is 11.3 Å². The van der Waals surface area contributed by atoms with Crippen LogP contribution in [0.5, 0.6) is 0 Å². The average Bonchev–Trinajstić information content (AvgIpc) is 3.30. The zero-order chi connectivity index (χ0) is 16.9. The van der Waals surface area contributed by atoms with Gasteiger partial charge in [0.1, 0.15) is 0 Å². The summed E-state index contributed by atoms with van der Waals surface area (Å²) >= 11 is 0. The van der Waals surface area contributed by atoms with Gasteiger partial charge in [-0.1, -0.05) is 67.6 Å². The number of nitrogens with zero attached hydrogens (tertiary/aromatic N) is 1. The maximum Gasteiger partial charge on any atom is 0.234 e. The summed E-state index contributed by atoms with van der Waals surface area (Å²) in [5.74, 6) is 1.36. The first kappa shape index (κ1) is 16.7. The third-order valence-electron chi connectivity index (χ3n) is 4.78. The van der Waals surface area contributed by atoms with Crippen LogP contribution in [0, 0.1) is 11.8 Å². The van der Waals surface area contributed by atoms with Crippen molar-refractivity contribution in [3.63, 3.8) is 0 Å². The number of rotatable bonds is 7. The summed E-state index contributed by atoms with van der Waals surface area (Å²) in [4.78, 5) is 14.6. The van der Waals surface area contributed by atoms with Crippen LogP contribution in [0.3, 0.4) is 0 Å². The molecule has 3 heteroatoms. The lowest BCUT2D eigenvalue weighted by atomic mass is 10.0. The van der Waals surface area contributed by atoms with Crippen LogP contribution in [-0.4, -0.2) is 24.4 Å². The van der Waals surface area contributed by atoms with Crippen LogP contribution < -0.4 is 5.32 Å². The number of amides is 1. The fraction of sp³-hybridized carbons (Fsp3) is 0.381. The van der Waals surface area contributed by atoms with Crippen molar-refractivity contribution in [2.75, 3.05) is 13.6 Å². The minimum absolute atomic E-state index is 0.0985. The fourth-order valence-electron chi connectivity index (χ4n) is 3.33. The van der Waals surface area contributed by atoms with Gasteiger partial charge in [0.2, 0.25) is 5.91 Å². The van der Waals surface area contributed by atoms with E-state index in [-0.39, 0.29) is 11.9 Å². The van der Waals surface area contributed by atoms with Gasteiger partial charge in [0.15, 0.2) is 0 Å². The summed E-state index contributed by atoms with van der Waals surface area (Å²) in [6, 6.07) is 20.7. The van der Waals surface area contributed by atoms with Gasteiger partial charge in [-0.25, -0.2) is 0 Å². The van der Waals surface area contributed by atoms with E-state index >= 15 is 0 Å². The largest absolute Gasteiger partial charge is 0.348 e. The molecule has 0 radical (unpaired) electrons. The van der Waals surface area contributed by atoms with Crippen LogP contribution in [0.25, 0.3) is 0 Å². The predicted molar refractivity (Wildman–Crippen MR) is 97.4 cm³/mol. The van der Waals surface area contributed by atoms with Crippen molar-refractivity contribution in [1.29, 1.82) is 0 Å². The second-order valence-corrected chi connectivity index (χ2v) is 6.99. The Kier molecular flexibility index (Phi) is 5.31. The number of carbonyl (C=O) groups excluding carboxylic acids is 1. The van der Waals surface area contributed by atoms with E-state index in [1.165, 1.54) is 17.5 Å². The number of nitrogens with one attached hydrogen (secondary N) is 1. The van der Waals surface area contributed by atoms with Gasteiger partial charge in [-0.3, -0.25) is 9.69 Å². The van der Waals surface area contributed by atoms with Gasteiger partial charge in [0, 0.05) is 6.54 Å². The average molecular weight is 322 g/mol. The zero-order valence-electron chi connectivity index (χ0n) is 14.5. The van der Waals surface area contributed by atoms with E-state index in [1.807, 2.05) is 43.4 Å². The first-order valence-electron chi connectivity index (χ1n) is 8.70. The van der Waals surface area contributed by atoms with E-state index in [9.17, 15) is 4.79 Å². The molecule has 0 bridgehead atoms. The Labute approximate surface area is 144 Å². The van der Waals surface area contributed by atoms with Crippen molar-refractivity contribution in [2.45, 2.75) is 25.9 Å². The lowest BCUT2D eigenvalue weighted by Gasteiger charge is -2.22. The van der Waals surface area contributed by atoms with Gasteiger partial charge < -0.3 is 5.32 Å². The highest BCUT2D eigenvalue weighted by atomic mass is 16.2. The van der Waals surface area contributed by atoms with E-state index in [1.54, 1.807) is 0 Å². The molecule has 1 amide bonds. The van der Waals surface area contributed by atoms with Gasteiger partial charge >= 0.3 is 0 Å². The van der Waals surface area contributed by atoms with E-state index in [4.69, 9.17) is 0 Å². The van der Waals surface area contributed by atoms with Crippen molar-refractivity contribution in [3.8, 4) is 0 Å². The third kappa shape index (κ3) is 4.45. The highest BCUT2D eigenvalue weighted by Crippen LogP contribution is 2.46. The van der Waals surface area contributed by atoms with Gasteiger partial charge in [-0.15, -0.1) is 0 Å². The van der Waals surface area contributed by atoms with Crippen LogP contribution >= 0.6 is 0 Å². The second-order valence-electron chi connectivity index (χ2n) is 6.99. The molecule has 1 aliphatic rings. The molecule has 1 aliphatic carbocycles. The van der Waals surface area contributed by atoms with Crippen molar-refractivity contribution in [2.24, 2.45) is 11.8 Å². The topological polar surface area (TPSA) is 32.3 Å². The van der Waals surface area contributed by atoms with E-state index < -0.39 is 0 Å². The molecule has 1 saturated carbocycles. The molecule has 2 aromatic carbocycles. The smallest absolute Gasteiger partial charge is 0.234 e. The summed E-state index contributed by atoms with van der Waals surface area (Å²) in [5, 5.41) is 3.26. The molecule has 126 valence electrons. The molecule has 1 fully saturated rings. The molecule has 0 heterocycles. The Morgan fingerprint density at radius 1 is 1.12 bits per heavy atom. The summed E-state index contributed by atoms with van der Waals surface area (Å²) in [7, 11) is 1.99. The maximum absolute atomic E-state index is 12.5. The predicted octanol–water partition coefficient (Wildman–Crippen LogP) is 3.63. The number of hydrogen-bond acceptors (Lipinski definition) is 2. The van der Waals surface area contributed by atoms with Gasteiger partial charge in [0.25, 0.3) is 0 Å². The number of benzene rings is 2. The van der Waals surface area contributed by atoms with Crippen LogP contribution in [0.2, 0.25) is 0 Å². The van der Waals surface area contributed by atoms with Gasteiger partial charge in [-0.2, -0.15) is 0 Å². The lowest BCUT2D eigenvalue weighted by Crippen LogP contribution is -2.38. The van der Waals surface area contributed by atoms with Crippen LogP contribution in [0.15, 0.2) is 60.7 Å². The molecule has 3 unspecified atom stereocenters. The molecule has 2 aromatic rings. The third-order valence-corrected chi connectivity index (χ3v) is 4.78. The normalized spacial score (nSPS) is 20.6. The number of carbonyl (C=O) groups is 1. The Morgan fingerprint density at radius 3 is 2.29 bits per heavy atom. The maximum atomic E-state index is 12.5. The van der Waals surface area contributed by atoms with Gasteiger partial charge in [-0.05, 0) is 36.4 Å². The molecule has 0 saturated heterocycles. The first-order chi connectivity index (χ1) is 11.6. The highest BCUT2D eigenvalue weighted by Gasteiger charge is 2.40. The molecule has 1 N–H and O–H groups in total. The number of likely N-dealkylation sites (N-methyl/N-ethyl adjacent to an activating group) is 1. The molecule has 0 spiro atoms. The minimum atomic E-state index is 0.0985. The summed E-state index contributed by atoms with van der Waals surface area (Å²) in [6.07, 6.45) is 1.19. The van der Waals surface area contributed by atoms with E-state index in [2.05, 4.69) is 41.4 Å². The van der Waals surface area contributed by atoms with Crippen LogP contribution in [0.4, 0.5) is 0 Å². The minimum Gasteiger partial charge on any atom is -0.348 e. The molecule has 0 aromatic heterocycles. The van der Waals surface area contributed by atoms with Crippen molar-refractivity contribution >= 4 is 5.91 Å². The molecule has 3 atom stereocenters. The SMILES string of the molecule is CC1CC1C(NC(=O)CN(C)Cc1ccccc1)c1ccccc1. The quantitative estimate of drug-likeness (QED) is 0.844. The Morgan fingerprint density at radius 2 is 1.71 bits per heavy atom. The Bertz CT molecular complexity index is 656. The first-order valence-corrected chi connectivity index (χ1v) is 8.70. The zero-order valence-corrected chi connectivity index (χ0v) is 14.5. The standard InChI is InChI=1S/C21H26N2O/c1-16-13-19(16)21(18-11-7-4-8-12-18)22-20(24)15-23(2)14-17-9-5-3-6-10-17/h3-12,16,19,21H,13-15H2,1-2H3,(H,22,24). The van der Waals surface area contributed by atoms with Crippen molar-refractivity contribution in [3.05, 3.63) is 71.8 Å². The Hall–Kier alpha value is -2.13. The monoisotopic (exact) mass is 322 g/mol. The van der Waals surface area contributed by atoms with Crippen molar-refractivity contribution in [1.82, 2.24) is 10.2 Å². The second kappa shape index (κ2) is 7.63. The van der Waals surface area contributed by atoms with E-state index in [0.717, 1.165) is 6.54 Å². The molecule has 3 rings (SSSR count). The molecular formula is C21H26N2O. The van der Waals surface area contributed by atoms with Crippen LogP contribution in [0.1, 0.15) is 30.5 Å². The number of hydrogen-bond donors (Lipinski definition) is 1. The highest BCUT2D eigenvalue weighted by molar-refractivity contribution is 5.78. The van der Waals surface area contributed by atoms with E-state index in [0.29, 0.717) is 18.4 Å². The van der Waals surface area contributed by atoms with Crippen molar-refractivity contribution < 1.29 is 4.79 Å². The molecular weight excluding hydrogens is 296 g/mol.